The van der Waals surface area contributed by atoms with Gasteiger partial charge >= 0.3 is 0 Å². The third-order valence-corrected chi connectivity index (χ3v) is 2.19. The van der Waals surface area contributed by atoms with Crippen LogP contribution in [-0.2, 0) is 0 Å². The maximum absolute atomic E-state index is 10.8. The van der Waals surface area contributed by atoms with Crippen molar-refractivity contribution < 1.29 is 9.53 Å². The number of rotatable bonds is 3. The van der Waals surface area contributed by atoms with E-state index >= 15 is 0 Å². The largest absolute Gasteiger partial charge is 0.480 e. The molecule has 0 saturated heterocycles. The minimum Gasteiger partial charge on any atom is -0.480 e. The van der Waals surface area contributed by atoms with Crippen LogP contribution in [0.5, 0.6) is 5.88 Å². The topological polar surface area (TPSA) is 52.1 Å². The highest BCUT2D eigenvalue weighted by Crippen LogP contribution is 2.22. The Morgan fingerprint density at radius 2 is 2.19 bits per heavy atom. The maximum atomic E-state index is 10.8. The van der Waals surface area contributed by atoms with Gasteiger partial charge in [-0.25, -0.2) is 4.98 Å². The first-order valence-electron chi connectivity index (χ1n) is 4.74. The molecule has 0 atom stereocenters. The van der Waals surface area contributed by atoms with Crippen molar-refractivity contribution in [2.45, 2.75) is 0 Å². The van der Waals surface area contributed by atoms with E-state index in [4.69, 9.17) is 4.74 Å². The normalized spacial score (nSPS) is 9.81. The summed E-state index contributed by atoms with van der Waals surface area (Å²) < 4.78 is 4.97. The summed E-state index contributed by atoms with van der Waals surface area (Å²) in [7, 11) is 1.49. The van der Waals surface area contributed by atoms with Crippen LogP contribution in [0, 0.1) is 0 Å². The third-order valence-electron chi connectivity index (χ3n) is 2.19. The van der Waals surface area contributed by atoms with E-state index in [2.05, 4.69) is 9.97 Å². The Morgan fingerprint density at radius 3 is 2.81 bits per heavy atom. The Morgan fingerprint density at radius 1 is 1.31 bits per heavy atom. The van der Waals surface area contributed by atoms with Gasteiger partial charge in [0.05, 0.1) is 12.7 Å². The Bertz CT molecular complexity index is 498. The van der Waals surface area contributed by atoms with Gasteiger partial charge in [0.25, 0.3) is 0 Å². The number of carbonyl (C=O) groups excluding carboxylic acids is 1. The molecule has 4 heteroatoms. The van der Waals surface area contributed by atoms with E-state index in [0.717, 1.165) is 17.4 Å². The molecular weight excluding hydrogens is 204 g/mol. The summed E-state index contributed by atoms with van der Waals surface area (Å²) in [4.78, 5) is 18.9. The number of aldehydes is 1. The zero-order valence-corrected chi connectivity index (χ0v) is 8.75. The molecule has 2 heterocycles. The van der Waals surface area contributed by atoms with Gasteiger partial charge in [-0.15, -0.1) is 0 Å². The summed E-state index contributed by atoms with van der Waals surface area (Å²) in [6, 6.07) is 5.47. The second kappa shape index (κ2) is 4.53. The van der Waals surface area contributed by atoms with Crippen molar-refractivity contribution in [2.24, 2.45) is 0 Å². The first-order valence-corrected chi connectivity index (χ1v) is 4.74. The number of hydrogen-bond donors (Lipinski definition) is 0. The van der Waals surface area contributed by atoms with Crippen molar-refractivity contribution >= 4 is 6.29 Å². The molecule has 0 spiro atoms. The number of methoxy groups -OCH3 is 1. The molecule has 16 heavy (non-hydrogen) atoms. The van der Waals surface area contributed by atoms with Gasteiger partial charge < -0.3 is 4.74 Å². The molecule has 0 aliphatic carbocycles. The number of pyridine rings is 2. The Kier molecular flexibility index (Phi) is 2.91. The summed E-state index contributed by atoms with van der Waals surface area (Å²) in [6.45, 7) is 0. The number of ether oxygens (including phenoxy) is 1. The second-order valence-electron chi connectivity index (χ2n) is 3.18. The predicted molar refractivity (Wildman–Crippen MR) is 59.4 cm³/mol. The molecule has 0 unspecified atom stereocenters. The lowest BCUT2D eigenvalue weighted by atomic mass is 10.1. The van der Waals surface area contributed by atoms with Crippen LogP contribution in [-0.4, -0.2) is 23.4 Å². The van der Waals surface area contributed by atoms with Crippen LogP contribution < -0.4 is 4.74 Å². The molecule has 80 valence electrons. The molecule has 2 aromatic heterocycles. The van der Waals surface area contributed by atoms with Gasteiger partial charge in [0, 0.05) is 29.7 Å². The monoisotopic (exact) mass is 214 g/mol. The molecule has 4 nitrogen and oxygen atoms in total. The fraction of sp³-hybridized carbons (Fsp3) is 0.0833. The standard InChI is InChI=1S/C12H10N2O2/c1-16-12-11(8-15)5-10(7-14-12)9-3-2-4-13-6-9/h2-8H,1H3. The number of hydrogen-bond acceptors (Lipinski definition) is 4. The molecule has 0 aromatic carbocycles. The number of aromatic nitrogens is 2. The molecule has 0 N–H and O–H groups in total. The Hall–Kier alpha value is -2.23. The van der Waals surface area contributed by atoms with E-state index in [-0.39, 0.29) is 0 Å². The summed E-state index contributed by atoms with van der Waals surface area (Å²) in [5.41, 5.74) is 2.20. The van der Waals surface area contributed by atoms with Crippen LogP contribution in [0.4, 0.5) is 0 Å². The molecular formula is C12H10N2O2. The summed E-state index contributed by atoms with van der Waals surface area (Å²) in [5.74, 6) is 0.336. The quantitative estimate of drug-likeness (QED) is 0.733. The first-order chi connectivity index (χ1) is 7.85. The van der Waals surface area contributed by atoms with Crippen LogP contribution >= 0.6 is 0 Å². The lowest BCUT2D eigenvalue weighted by Crippen LogP contribution is -1.94. The fourth-order valence-electron chi connectivity index (χ4n) is 1.42. The second-order valence-corrected chi connectivity index (χ2v) is 3.18. The van der Waals surface area contributed by atoms with E-state index < -0.39 is 0 Å². The molecule has 0 aliphatic rings. The van der Waals surface area contributed by atoms with Gasteiger partial charge in [0.2, 0.25) is 5.88 Å². The minimum absolute atomic E-state index is 0.336. The minimum atomic E-state index is 0.336. The van der Waals surface area contributed by atoms with Crippen LogP contribution in [0.1, 0.15) is 10.4 Å². The van der Waals surface area contributed by atoms with Gasteiger partial charge in [-0.2, -0.15) is 0 Å². The van der Waals surface area contributed by atoms with Gasteiger partial charge in [0.1, 0.15) is 0 Å². The molecule has 0 aliphatic heterocycles. The summed E-state index contributed by atoms with van der Waals surface area (Å²) in [6.07, 6.45) is 5.80. The Labute approximate surface area is 92.9 Å². The van der Waals surface area contributed by atoms with Crippen molar-refractivity contribution in [3.05, 3.63) is 42.4 Å². The van der Waals surface area contributed by atoms with Crippen molar-refractivity contribution in [1.29, 1.82) is 0 Å². The van der Waals surface area contributed by atoms with Crippen molar-refractivity contribution in [1.82, 2.24) is 9.97 Å². The summed E-state index contributed by atoms with van der Waals surface area (Å²) >= 11 is 0. The fourth-order valence-corrected chi connectivity index (χ4v) is 1.42. The number of nitrogens with zero attached hydrogens (tertiary/aromatic N) is 2. The van der Waals surface area contributed by atoms with Crippen LogP contribution in [0.2, 0.25) is 0 Å². The lowest BCUT2D eigenvalue weighted by Gasteiger charge is -2.05. The van der Waals surface area contributed by atoms with E-state index in [1.54, 1.807) is 24.7 Å². The SMILES string of the molecule is COc1ncc(-c2cccnc2)cc1C=O. The molecule has 0 fully saturated rings. The Balaban J connectivity index is 2.48. The van der Waals surface area contributed by atoms with Gasteiger partial charge in [0.15, 0.2) is 6.29 Å². The van der Waals surface area contributed by atoms with E-state index in [0.29, 0.717) is 11.4 Å². The van der Waals surface area contributed by atoms with Crippen molar-refractivity contribution in [2.75, 3.05) is 7.11 Å². The average Bonchev–Trinajstić information content (AvgIpc) is 2.39. The third kappa shape index (κ3) is 1.91. The van der Waals surface area contributed by atoms with Gasteiger partial charge in [-0.1, -0.05) is 6.07 Å². The van der Waals surface area contributed by atoms with Crippen molar-refractivity contribution in [3.8, 4) is 17.0 Å². The van der Waals surface area contributed by atoms with E-state index in [9.17, 15) is 4.79 Å². The lowest BCUT2D eigenvalue weighted by molar-refractivity contribution is 0.112. The number of carbonyl (C=O) groups is 1. The highest BCUT2D eigenvalue weighted by molar-refractivity contribution is 5.81. The predicted octanol–water partition coefficient (Wildman–Crippen LogP) is 1.96. The van der Waals surface area contributed by atoms with E-state index in [1.807, 2.05) is 12.1 Å². The first kappa shape index (κ1) is 10.3. The molecule has 2 aromatic rings. The van der Waals surface area contributed by atoms with Crippen molar-refractivity contribution in [3.63, 3.8) is 0 Å². The smallest absolute Gasteiger partial charge is 0.223 e. The molecule has 2 rings (SSSR count). The van der Waals surface area contributed by atoms with E-state index in [1.165, 1.54) is 7.11 Å². The zero-order valence-electron chi connectivity index (χ0n) is 8.75. The van der Waals surface area contributed by atoms with Crippen LogP contribution in [0.3, 0.4) is 0 Å². The van der Waals surface area contributed by atoms with Gasteiger partial charge in [-0.05, 0) is 12.1 Å². The summed E-state index contributed by atoms with van der Waals surface area (Å²) in [5, 5.41) is 0. The molecule has 0 saturated carbocycles. The highest BCUT2D eigenvalue weighted by Gasteiger charge is 2.06. The van der Waals surface area contributed by atoms with Gasteiger partial charge in [-0.3, -0.25) is 9.78 Å². The highest BCUT2D eigenvalue weighted by atomic mass is 16.5. The maximum Gasteiger partial charge on any atom is 0.223 e. The zero-order chi connectivity index (χ0) is 11.4. The van der Waals surface area contributed by atoms with Crippen LogP contribution in [0.15, 0.2) is 36.8 Å². The van der Waals surface area contributed by atoms with Crippen LogP contribution in [0.25, 0.3) is 11.1 Å². The molecule has 0 amide bonds. The molecule has 0 bridgehead atoms. The molecule has 0 radical (unpaired) electrons. The average molecular weight is 214 g/mol.